The summed E-state index contributed by atoms with van der Waals surface area (Å²) in [6.07, 6.45) is -3.77. The number of hydrogen-bond acceptors (Lipinski definition) is 3. The molecule has 2 amide bonds. The predicted octanol–water partition coefficient (Wildman–Crippen LogP) is 5.56. The fourth-order valence-electron chi connectivity index (χ4n) is 2.69. The molecule has 0 heterocycles. The highest BCUT2D eigenvalue weighted by molar-refractivity contribution is 6.36. The summed E-state index contributed by atoms with van der Waals surface area (Å²) in [5.41, 5.74) is 1.19. The van der Waals surface area contributed by atoms with E-state index in [4.69, 9.17) is 23.2 Å². The molecule has 1 N–H and O–H groups in total. The van der Waals surface area contributed by atoms with Gasteiger partial charge in [0.1, 0.15) is 13.2 Å². The summed E-state index contributed by atoms with van der Waals surface area (Å²) >= 11 is 11.9. The molecule has 10 heteroatoms. The molecule has 0 aliphatic heterocycles. The van der Waals surface area contributed by atoms with Crippen molar-refractivity contribution < 1.29 is 27.5 Å². The van der Waals surface area contributed by atoms with Crippen LogP contribution in [-0.4, -0.2) is 42.6 Å². The molecule has 0 aromatic heterocycles. The molecular weight excluding hydrogens is 456 g/mol. The Morgan fingerprint density at radius 3 is 2.35 bits per heavy atom. The maximum Gasteiger partial charge on any atom is 0.411 e. The first-order valence-corrected chi connectivity index (χ1v) is 10.1. The van der Waals surface area contributed by atoms with E-state index in [1.807, 2.05) is 6.92 Å². The molecule has 2 rings (SSSR count). The summed E-state index contributed by atoms with van der Waals surface area (Å²) in [6, 6.07) is 10.7. The zero-order valence-corrected chi connectivity index (χ0v) is 18.2. The average molecular weight is 477 g/mol. The molecule has 0 radical (unpaired) electrons. The molecule has 0 spiro atoms. The first-order chi connectivity index (χ1) is 14.6. The molecule has 0 saturated heterocycles. The summed E-state index contributed by atoms with van der Waals surface area (Å²) in [6.45, 7) is 0.454. The number of carbonyl (C=O) groups excluding carboxylic acids is 2. The van der Waals surface area contributed by atoms with Gasteiger partial charge in [-0.3, -0.25) is 9.59 Å². The molecule has 2 aromatic carbocycles. The van der Waals surface area contributed by atoms with Crippen LogP contribution in [-0.2, 0) is 16.1 Å². The Morgan fingerprint density at radius 2 is 1.77 bits per heavy atom. The zero-order chi connectivity index (χ0) is 23.0. The molecule has 31 heavy (non-hydrogen) atoms. The van der Waals surface area contributed by atoms with Crippen LogP contribution >= 0.6 is 23.2 Å². The summed E-state index contributed by atoms with van der Waals surface area (Å²) in [5, 5.41) is 3.35. The molecule has 0 bridgehead atoms. The van der Waals surface area contributed by atoms with Crippen LogP contribution in [0.2, 0.25) is 10.0 Å². The Balaban J connectivity index is 1.99. The van der Waals surface area contributed by atoms with Crippen LogP contribution in [0.1, 0.15) is 29.3 Å². The molecule has 0 saturated carbocycles. The quantitative estimate of drug-likeness (QED) is 0.515. The van der Waals surface area contributed by atoms with Gasteiger partial charge in [-0.25, -0.2) is 0 Å². The number of hydrogen-bond donors (Lipinski definition) is 1. The van der Waals surface area contributed by atoms with Gasteiger partial charge in [-0.2, -0.15) is 13.2 Å². The van der Waals surface area contributed by atoms with Gasteiger partial charge in [0, 0.05) is 17.1 Å². The smallest absolute Gasteiger partial charge is 0.367 e. The molecule has 0 aliphatic rings. The van der Waals surface area contributed by atoms with Gasteiger partial charge in [-0.05, 0) is 42.3 Å². The van der Waals surface area contributed by atoms with Crippen LogP contribution in [0, 0.1) is 0 Å². The van der Waals surface area contributed by atoms with Gasteiger partial charge < -0.3 is 15.0 Å². The molecule has 0 fully saturated rings. The third kappa shape index (κ3) is 8.40. The van der Waals surface area contributed by atoms with Crippen molar-refractivity contribution in [1.82, 2.24) is 4.90 Å². The minimum absolute atomic E-state index is 0.192. The van der Waals surface area contributed by atoms with Crippen LogP contribution in [0.3, 0.4) is 0 Å². The molecule has 168 valence electrons. The Bertz CT molecular complexity index is 906. The van der Waals surface area contributed by atoms with E-state index in [0.29, 0.717) is 34.8 Å². The second-order valence-corrected chi connectivity index (χ2v) is 7.55. The van der Waals surface area contributed by atoms with E-state index in [2.05, 4.69) is 10.1 Å². The van der Waals surface area contributed by atoms with Crippen molar-refractivity contribution in [3.05, 3.63) is 63.6 Å². The highest BCUT2D eigenvalue weighted by atomic mass is 35.5. The SMILES string of the molecule is CCCN(CC(=O)Nc1ccc(Cl)cc1Cl)C(=O)c1ccc(COCC(F)(F)F)cc1. The van der Waals surface area contributed by atoms with E-state index in [-0.39, 0.29) is 24.1 Å². The van der Waals surface area contributed by atoms with Gasteiger partial charge in [-0.15, -0.1) is 0 Å². The standard InChI is InChI=1S/C21H21Cl2F3N2O3/c1-2-9-28(11-19(29)27-18-8-7-16(22)10-17(18)23)20(30)15-5-3-14(4-6-15)12-31-13-21(24,25)26/h3-8,10H,2,9,11-13H2,1H3,(H,27,29). The monoisotopic (exact) mass is 476 g/mol. The lowest BCUT2D eigenvalue weighted by molar-refractivity contribution is -0.176. The lowest BCUT2D eigenvalue weighted by atomic mass is 10.1. The summed E-state index contributed by atoms with van der Waals surface area (Å²) < 4.78 is 41.1. The second kappa shape index (κ2) is 11.4. The van der Waals surface area contributed by atoms with Crippen molar-refractivity contribution in [1.29, 1.82) is 0 Å². The molecule has 5 nitrogen and oxygen atoms in total. The fourth-order valence-corrected chi connectivity index (χ4v) is 3.14. The first kappa shape index (κ1) is 25.0. The van der Waals surface area contributed by atoms with Crippen molar-refractivity contribution >= 4 is 40.7 Å². The van der Waals surface area contributed by atoms with Gasteiger partial charge >= 0.3 is 6.18 Å². The number of ether oxygens (including phenoxy) is 1. The number of rotatable bonds is 9. The van der Waals surface area contributed by atoms with Crippen LogP contribution in [0.5, 0.6) is 0 Å². The maximum absolute atomic E-state index is 12.8. The van der Waals surface area contributed by atoms with Crippen LogP contribution < -0.4 is 5.32 Å². The molecule has 0 atom stereocenters. The van der Waals surface area contributed by atoms with Gasteiger partial charge in [0.05, 0.1) is 17.3 Å². The van der Waals surface area contributed by atoms with Crippen molar-refractivity contribution in [3.8, 4) is 0 Å². The largest absolute Gasteiger partial charge is 0.411 e. The first-order valence-electron chi connectivity index (χ1n) is 9.36. The molecule has 0 aliphatic carbocycles. The third-order valence-electron chi connectivity index (χ3n) is 4.06. The highest BCUT2D eigenvalue weighted by Gasteiger charge is 2.27. The fraction of sp³-hybridized carbons (Fsp3) is 0.333. The number of benzene rings is 2. The van der Waals surface area contributed by atoms with Gasteiger partial charge in [0.25, 0.3) is 5.91 Å². The average Bonchev–Trinajstić information content (AvgIpc) is 2.69. The zero-order valence-electron chi connectivity index (χ0n) is 16.6. The van der Waals surface area contributed by atoms with Gasteiger partial charge in [0.2, 0.25) is 5.91 Å². The van der Waals surface area contributed by atoms with Crippen molar-refractivity contribution in [3.63, 3.8) is 0 Å². The second-order valence-electron chi connectivity index (χ2n) is 6.70. The van der Waals surface area contributed by atoms with Crippen molar-refractivity contribution in [2.24, 2.45) is 0 Å². The normalized spacial score (nSPS) is 11.3. The van der Waals surface area contributed by atoms with Crippen LogP contribution in [0.15, 0.2) is 42.5 Å². The topological polar surface area (TPSA) is 58.6 Å². The lowest BCUT2D eigenvalue weighted by Crippen LogP contribution is -2.38. The van der Waals surface area contributed by atoms with Crippen LogP contribution in [0.4, 0.5) is 18.9 Å². The van der Waals surface area contributed by atoms with Crippen LogP contribution in [0.25, 0.3) is 0 Å². The van der Waals surface area contributed by atoms with E-state index in [1.54, 1.807) is 12.1 Å². The molecule has 0 unspecified atom stereocenters. The summed E-state index contributed by atoms with van der Waals surface area (Å²) in [4.78, 5) is 26.6. The van der Waals surface area contributed by atoms with Gasteiger partial charge in [0.15, 0.2) is 0 Å². The van der Waals surface area contributed by atoms with E-state index < -0.39 is 18.7 Å². The summed E-state index contributed by atoms with van der Waals surface area (Å²) in [5.74, 6) is -0.801. The van der Waals surface area contributed by atoms with E-state index in [9.17, 15) is 22.8 Å². The number of amides is 2. The molecular formula is C21H21Cl2F3N2O3. The van der Waals surface area contributed by atoms with Crippen molar-refractivity contribution in [2.75, 3.05) is 25.0 Å². The van der Waals surface area contributed by atoms with Gasteiger partial charge in [-0.1, -0.05) is 42.3 Å². The lowest BCUT2D eigenvalue weighted by Gasteiger charge is -2.22. The number of nitrogens with one attached hydrogen (secondary N) is 1. The highest BCUT2D eigenvalue weighted by Crippen LogP contribution is 2.25. The Labute approximate surface area is 188 Å². The predicted molar refractivity (Wildman–Crippen MR) is 113 cm³/mol. The maximum atomic E-state index is 12.8. The summed E-state index contributed by atoms with van der Waals surface area (Å²) in [7, 11) is 0. The number of alkyl halides is 3. The van der Waals surface area contributed by atoms with E-state index >= 15 is 0 Å². The molecule has 2 aromatic rings. The number of halogens is 5. The Hall–Kier alpha value is -2.29. The number of carbonyl (C=O) groups is 2. The van der Waals surface area contributed by atoms with E-state index in [0.717, 1.165) is 0 Å². The third-order valence-corrected chi connectivity index (χ3v) is 4.60. The number of anilines is 1. The van der Waals surface area contributed by atoms with E-state index in [1.165, 1.54) is 35.2 Å². The number of nitrogens with zero attached hydrogens (tertiary/aromatic N) is 1. The minimum Gasteiger partial charge on any atom is -0.367 e. The van der Waals surface area contributed by atoms with Crippen molar-refractivity contribution in [2.45, 2.75) is 26.1 Å². The minimum atomic E-state index is -4.40. The Morgan fingerprint density at radius 1 is 1.10 bits per heavy atom. The Kier molecular flexibility index (Phi) is 9.15.